The molecular weight excluding hydrogens is 615 g/mol. The third kappa shape index (κ3) is 15.7. The largest absolute Gasteiger partial charge is 1.00 e. The number of aryl methyl sites for hydroxylation is 1. The minimum Gasteiger partial charge on any atom is -1.00 e. The number of methoxy groups -OCH3 is 1. The van der Waals surface area contributed by atoms with Crippen LogP contribution in [0.15, 0.2) is 42.7 Å². The molecule has 1 N–H and O–H groups in total. The molecule has 0 aliphatic carbocycles. The SMILES string of the molecule is CCCCCCCCCCCCCCOc1cccc(OCC(=O)NCCc2cc[n+](CCC)cc2)c1OC.[I-]. The van der Waals surface area contributed by atoms with E-state index >= 15 is 0 Å². The van der Waals surface area contributed by atoms with Crippen molar-refractivity contribution in [2.24, 2.45) is 0 Å². The molecule has 0 spiro atoms. The monoisotopic (exact) mass is 668 g/mol. The van der Waals surface area contributed by atoms with Gasteiger partial charge in [0.05, 0.1) is 13.7 Å². The van der Waals surface area contributed by atoms with Crippen LogP contribution >= 0.6 is 0 Å². The van der Waals surface area contributed by atoms with Gasteiger partial charge >= 0.3 is 0 Å². The number of nitrogens with zero attached hydrogens (tertiary/aromatic N) is 1. The number of carbonyl (C=O) groups is 1. The van der Waals surface area contributed by atoms with Crippen molar-refractivity contribution in [3.05, 3.63) is 48.3 Å². The predicted octanol–water partition coefficient (Wildman–Crippen LogP) is 4.21. The smallest absolute Gasteiger partial charge is 0.257 e. The van der Waals surface area contributed by atoms with E-state index in [1.807, 2.05) is 12.1 Å². The maximum atomic E-state index is 12.3. The van der Waals surface area contributed by atoms with Crippen molar-refractivity contribution in [1.29, 1.82) is 0 Å². The molecule has 0 fully saturated rings. The average Bonchev–Trinajstić information content (AvgIpc) is 2.95. The molecule has 0 saturated carbocycles. The standard InChI is InChI=1S/C33H52N2O4.HI/c1-4-6-7-8-9-10-11-12-13-14-15-16-27-38-30-18-17-19-31(33(30)37-3)39-28-32(36)34-23-20-29-21-25-35(24-5-2)26-22-29;/h17-19,21-22,25-26H,4-16,20,23-24,27-28H2,1-3H3;1H. The summed E-state index contributed by atoms with van der Waals surface area (Å²) >= 11 is 0. The van der Waals surface area contributed by atoms with Gasteiger partial charge in [0, 0.05) is 25.1 Å². The van der Waals surface area contributed by atoms with E-state index in [2.05, 4.69) is 48.3 Å². The van der Waals surface area contributed by atoms with Crippen LogP contribution in [0.2, 0.25) is 0 Å². The second-order valence-corrected chi connectivity index (χ2v) is 10.4. The Hall–Kier alpha value is -2.03. The number of unbranched alkanes of at least 4 members (excludes halogenated alkanes) is 11. The zero-order valence-corrected chi connectivity index (χ0v) is 27.4. The Kier molecular flexibility index (Phi) is 21.3. The van der Waals surface area contributed by atoms with E-state index in [0.29, 0.717) is 30.4 Å². The molecule has 0 saturated heterocycles. The molecule has 7 heteroatoms. The Bertz CT molecular complexity index is 908. The molecule has 1 aromatic heterocycles. The summed E-state index contributed by atoms with van der Waals surface area (Å²) < 4.78 is 19.5. The number of amides is 1. The van der Waals surface area contributed by atoms with E-state index in [9.17, 15) is 4.79 Å². The molecule has 226 valence electrons. The fourth-order valence-corrected chi connectivity index (χ4v) is 4.65. The number of benzene rings is 1. The number of hydrogen-bond donors (Lipinski definition) is 1. The summed E-state index contributed by atoms with van der Waals surface area (Å²) in [4.78, 5) is 12.3. The molecule has 2 rings (SSSR count). The Labute approximate surface area is 260 Å². The van der Waals surface area contributed by atoms with Gasteiger partial charge in [-0.05, 0) is 30.5 Å². The summed E-state index contributed by atoms with van der Waals surface area (Å²) in [6, 6.07) is 9.76. The van der Waals surface area contributed by atoms with Gasteiger partial charge in [-0.2, -0.15) is 0 Å². The number of para-hydroxylation sites is 1. The number of halogens is 1. The van der Waals surface area contributed by atoms with Crippen LogP contribution < -0.4 is 48.1 Å². The van der Waals surface area contributed by atoms with Crippen LogP contribution in [0.4, 0.5) is 0 Å². The van der Waals surface area contributed by atoms with E-state index in [1.165, 1.54) is 76.2 Å². The Morgan fingerprint density at radius 3 is 1.93 bits per heavy atom. The Morgan fingerprint density at radius 1 is 0.775 bits per heavy atom. The molecule has 2 aromatic rings. The van der Waals surface area contributed by atoms with Crippen molar-refractivity contribution in [2.75, 3.05) is 26.9 Å². The number of nitrogens with one attached hydrogen (secondary N) is 1. The highest BCUT2D eigenvalue weighted by atomic mass is 127. The maximum absolute atomic E-state index is 12.3. The molecule has 1 heterocycles. The molecule has 0 unspecified atom stereocenters. The molecular formula is C33H53IN2O4. The lowest BCUT2D eigenvalue weighted by Gasteiger charge is -2.15. The number of pyridine rings is 1. The zero-order chi connectivity index (χ0) is 28.0. The topological polar surface area (TPSA) is 60.7 Å². The van der Waals surface area contributed by atoms with Crippen LogP contribution in [0, 0.1) is 0 Å². The number of aromatic nitrogens is 1. The second kappa shape index (κ2) is 23.7. The van der Waals surface area contributed by atoms with Crippen molar-refractivity contribution in [2.45, 2.75) is 110 Å². The van der Waals surface area contributed by atoms with Crippen molar-refractivity contribution < 1.29 is 47.5 Å². The van der Waals surface area contributed by atoms with Crippen molar-refractivity contribution in [3.8, 4) is 17.2 Å². The van der Waals surface area contributed by atoms with E-state index in [4.69, 9.17) is 14.2 Å². The molecule has 0 aliphatic heterocycles. The average molecular weight is 669 g/mol. The second-order valence-electron chi connectivity index (χ2n) is 10.4. The highest BCUT2D eigenvalue weighted by molar-refractivity contribution is 5.77. The summed E-state index contributed by atoms with van der Waals surface area (Å²) in [5, 5.41) is 2.93. The van der Waals surface area contributed by atoms with Gasteiger partial charge in [0.25, 0.3) is 5.91 Å². The van der Waals surface area contributed by atoms with E-state index in [1.54, 1.807) is 13.2 Å². The summed E-state index contributed by atoms with van der Waals surface area (Å²) in [7, 11) is 1.60. The molecule has 0 radical (unpaired) electrons. The van der Waals surface area contributed by atoms with Crippen LogP contribution in [0.5, 0.6) is 17.2 Å². The lowest BCUT2D eigenvalue weighted by atomic mass is 10.1. The third-order valence-electron chi connectivity index (χ3n) is 6.94. The third-order valence-corrected chi connectivity index (χ3v) is 6.94. The van der Waals surface area contributed by atoms with E-state index in [-0.39, 0.29) is 36.5 Å². The lowest BCUT2D eigenvalue weighted by molar-refractivity contribution is -0.697. The molecule has 1 amide bonds. The molecule has 0 atom stereocenters. The van der Waals surface area contributed by atoms with Gasteiger partial charge in [-0.3, -0.25) is 4.79 Å². The lowest BCUT2D eigenvalue weighted by Crippen LogP contribution is -3.00. The number of rotatable bonds is 23. The van der Waals surface area contributed by atoms with Gasteiger partial charge in [0.1, 0.15) is 6.54 Å². The normalized spacial score (nSPS) is 10.6. The summed E-state index contributed by atoms with van der Waals surface area (Å²) in [5.74, 6) is 1.55. The van der Waals surface area contributed by atoms with E-state index < -0.39 is 0 Å². The number of ether oxygens (including phenoxy) is 3. The maximum Gasteiger partial charge on any atom is 0.257 e. The van der Waals surface area contributed by atoms with Gasteiger partial charge in [0.2, 0.25) is 5.75 Å². The van der Waals surface area contributed by atoms with Gasteiger partial charge in [-0.15, -0.1) is 0 Å². The minimum absolute atomic E-state index is 0. The first kappa shape index (κ1) is 36.0. The summed E-state index contributed by atoms with van der Waals surface area (Å²) in [5.41, 5.74) is 1.20. The quantitative estimate of drug-likeness (QED) is 0.110. The fourth-order valence-electron chi connectivity index (χ4n) is 4.65. The van der Waals surface area contributed by atoms with Gasteiger partial charge in [0.15, 0.2) is 30.5 Å². The molecule has 40 heavy (non-hydrogen) atoms. The first-order valence-electron chi connectivity index (χ1n) is 15.3. The van der Waals surface area contributed by atoms with Gasteiger partial charge in [-0.25, -0.2) is 4.57 Å². The predicted molar refractivity (Wildman–Crippen MR) is 159 cm³/mol. The van der Waals surface area contributed by atoms with Crippen LogP contribution in [0.25, 0.3) is 0 Å². The fraction of sp³-hybridized carbons (Fsp3) is 0.636. The van der Waals surface area contributed by atoms with Crippen molar-refractivity contribution in [1.82, 2.24) is 5.32 Å². The molecule has 0 aliphatic rings. The van der Waals surface area contributed by atoms with Crippen LogP contribution in [0.3, 0.4) is 0 Å². The number of hydrogen-bond acceptors (Lipinski definition) is 4. The van der Waals surface area contributed by atoms with Crippen molar-refractivity contribution in [3.63, 3.8) is 0 Å². The zero-order valence-electron chi connectivity index (χ0n) is 25.2. The van der Waals surface area contributed by atoms with Crippen LogP contribution in [-0.2, 0) is 17.8 Å². The molecule has 1 aromatic carbocycles. The van der Waals surface area contributed by atoms with E-state index in [0.717, 1.165) is 25.8 Å². The van der Waals surface area contributed by atoms with Crippen molar-refractivity contribution >= 4 is 5.91 Å². The number of carbonyl (C=O) groups excluding carboxylic acids is 1. The minimum atomic E-state index is -0.156. The Morgan fingerprint density at radius 2 is 1.35 bits per heavy atom. The first-order chi connectivity index (χ1) is 19.2. The molecule has 0 bridgehead atoms. The Balaban J connectivity index is 0.00000800. The van der Waals surface area contributed by atoms with Gasteiger partial charge in [-0.1, -0.05) is 90.5 Å². The van der Waals surface area contributed by atoms with Crippen LogP contribution in [0.1, 0.15) is 103 Å². The highest BCUT2D eigenvalue weighted by Crippen LogP contribution is 2.37. The highest BCUT2D eigenvalue weighted by Gasteiger charge is 2.13. The van der Waals surface area contributed by atoms with Gasteiger partial charge < -0.3 is 43.5 Å². The summed E-state index contributed by atoms with van der Waals surface area (Å²) in [6.45, 7) is 6.60. The first-order valence-corrected chi connectivity index (χ1v) is 15.3. The summed E-state index contributed by atoms with van der Waals surface area (Å²) in [6.07, 6.45) is 21.9. The van der Waals surface area contributed by atoms with Crippen LogP contribution in [-0.4, -0.2) is 32.8 Å². The molecule has 6 nitrogen and oxygen atoms in total.